The van der Waals surface area contributed by atoms with E-state index in [-0.39, 0.29) is 0 Å². The monoisotopic (exact) mass is 284 g/mol. The van der Waals surface area contributed by atoms with Crippen LogP contribution in [0.25, 0.3) is 0 Å². The molecule has 112 valence electrons. The molecule has 1 aliphatic heterocycles. The Morgan fingerprint density at radius 3 is 2.80 bits per heavy atom. The molecular weight excluding hydrogens is 262 g/mol. The summed E-state index contributed by atoms with van der Waals surface area (Å²) in [6.45, 7) is 4.50. The maximum Gasteiger partial charge on any atom is 0.261 e. The Morgan fingerprint density at radius 2 is 2.10 bits per heavy atom. The fraction of sp³-hybridized carbons (Fsp3) is 0.600. The number of rotatable bonds is 6. The van der Waals surface area contributed by atoms with Crippen molar-refractivity contribution in [1.82, 2.24) is 10.2 Å². The number of alkyl halides is 2. The standard InChI is InChI=1S/C15H22F2N2O/c1-12-9-18-14(13-5-3-2-4-6-13)10-19(12)7-8-20-11-15(16)17/h2-6,12,14-15,18H,7-11H2,1H3. The molecule has 2 rings (SSSR count). The minimum Gasteiger partial charge on any atom is -0.374 e. The second-order valence-corrected chi connectivity index (χ2v) is 5.18. The number of halogens is 2. The number of nitrogens with zero attached hydrogens (tertiary/aromatic N) is 1. The van der Waals surface area contributed by atoms with E-state index < -0.39 is 13.0 Å². The first-order valence-corrected chi connectivity index (χ1v) is 7.05. The van der Waals surface area contributed by atoms with E-state index in [1.807, 2.05) is 18.2 Å². The molecule has 0 amide bonds. The Morgan fingerprint density at radius 1 is 1.35 bits per heavy atom. The van der Waals surface area contributed by atoms with Crippen LogP contribution in [0.1, 0.15) is 18.5 Å². The zero-order chi connectivity index (χ0) is 14.4. The summed E-state index contributed by atoms with van der Waals surface area (Å²) >= 11 is 0. The Balaban J connectivity index is 1.82. The van der Waals surface area contributed by atoms with Gasteiger partial charge in [-0.2, -0.15) is 0 Å². The van der Waals surface area contributed by atoms with Crippen LogP contribution in [0, 0.1) is 0 Å². The van der Waals surface area contributed by atoms with Crippen LogP contribution < -0.4 is 5.32 Å². The Kier molecular flexibility index (Phi) is 5.88. The van der Waals surface area contributed by atoms with E-state index in [0.717, 1.165) is 13.1 Å². The van der Waals surface area contributed by atoms with Crippen molar-refractivity contribution in [2.24, 2.45) is 0 Å². The van der Waals surface area contributed by atoms with Gasteiger partial charge in [0.1, 0.15) is 6.61 Å². The number of hydrogen-bond donors (Lipinski definition) is 1. The SMILES string of the molecule is CC1CNC(c2ccccc2)CN1CCOCC(F)F. The first-order valence-electron chi connectivity index (χ1n) is 7.05. The molecule has 1 N–H and O–H groups in total. The van der Waals surface area contributed by atoms with Gasteiger partial charge >= 0.3 is 0 Å². The highest BCUT2D eigenvalue weighted by Gasteiger charge is 2.25. The van der Waals surface area contributed by atoms with Gasteiger partial charge in [0, 0.05) is 31.7 Å². The predicted octanol–water partition coefficient (Wildman–Crippen LogP) is 2.30. The highest BCUT2D eigenvalue weighted by Crippen LogP contribution is 2.19. The summed E-state index contributed by atoms with van der Waals surface area (Å²) in [5.74, 6) is 0. The second-order valence-electron chi connectivity index (χ2n) is 5.18. The summed E-state index contributed by atoms with van der Waals surface area (Å²) in [5.41, 5.74) is 1.26. The van der Waals surface area contributed by atoms with Crippen molar-refractivity contribution >= 4 is 0 Å². The third kappa shape index (κ3) is 4.51. The molecule has 0 bridgehead atoms. The zero-order valence-electron chi connectivity index (χ0n) is 11.8. The number of benzene rings is 1. The van der Waals surface area contributed by atoms with Crippen LogP contribution in [-0.2, 0) is 4.74 Å². The van der Waals surface area contributed by atoms with Crippen molar-refractivity contribution in [2.75, 3.05) is 32.8 Å². The van der Waals surface area contributed by atoms with E-state index in [9.17, 15) is 8.78 Å². The predicted molar refractivity (Wildman–Crippen MR) is 75.0 cm³/mol. The molecule has 0 aromatic heterocycles. The van der Waals surface area contributed by atoms with Gasteiger partial charge < -0.3 is 10.1 Å². The van der Waals surface area contributed by atoms with Gasteiger partial charge in [0.2, 0.25) is 0 Å². The summed E-state index contributed by atoms with van der Waals surface area (Å²) in [7, 11) is 0. The van der Waals surface area contributed by atoms with Gasteiger partial charge in [-0.05, 0) is 12.5 Å². The maximum atomic E-state index is 12.0. The lowest BCUT2D eigenvalue weighted by molar-refractivity contribution is 0.00252. The lowest BCUT2D eigenvalue weighted by Crippen LogP contribution is -2.52. The molecule has 1 heterocycles. The van der Waals surface area contributed by atoms with Crippen LogP contribution in [0.2, 0.25) is 0 Å². The average molecular weight is 284 g/mol. The third-order valence-electron chi connectivity index (χ3n) is 3.67. The van der Waals surface area contributed by atoms with Crippen LogP contribution >= 0.6 is 0 Å². The van der Waals surface area contributed by atoms with Gasteiger partial charge in [-0.1, -0.05) is 30.3 Å². The molecule has 0 radical (unpaired) electrons. The fourth-order valence-corrected chi connectivity index (χ4v) is 2.50. The quantitative estimate of drug-likeness (QED) is 0.811. The van der Waals surface area contributed by atoms with Crippen LogP contribution in [0.5, 0.6) is 0 Å². The summed E-state index contributed by atoms with van der Waals surface area (Å²) in [6.07, 6.45) is -2.38. The molecule has 5 heteroatoms. The molecule has 0 saturated carbocycles. The summed E-state index contributed by atoms with van der Waals surface area (Å²) in [6, 6.07) is 11.0. The van der Waals surface area contributed by atoms with E-state index in [4.69, 9.17) is 4.74 Å². The molecule has 1 aromatic carbocycles. The van der Waals surface area contributed by atoms with Crippen LogP contribution in [0.3, 0.4) is 0 Å². The van der Waals surface area contributed by atoms with Gasteiger partial charge in [-0.15, -0.1) is 0 Å². The third-order valence-corrected chi connectivity index (χ3v) is 3.67. The number of piperazine rings is 1. The van der Waals surface area contributed by atoms with Gasteiger partial charge in [0.05, 0.1) is 6.61 Å². The van der Waals surface area contributed by atoms with Crippen LogP contribution in [0.4, 0.5) is 8.78 Å². The summed E-state index contributed by atoms with van der Waals surface area (Å²) in [4.78, 5) is 2.29. The number of ether oxygens (including phenoxy) is 1. The largest absolute Gasteiger partial charge is 0.374 e. The van der Waals surface area contributed by atoms with E-state index in [2.05, 4.69) is 29.3 Å². The summed E-state index contributed by atoms with van der Waals surface area (Å²) < 4.78 is 29.0. The van der Waals surface area contributed by atoms with Crippen molar-refractivity contribution in [3.8, 4) is 0 Å². The normalized spacial score (nSPS) is 24.2. The van der Waals surface area contributed by atoms with Gasteiger partial charge in [0.15, 0.2) is 0 Å². The highest BCUT2D eigenvalue weighted by atomic mass is 19.3. The van der Waals surface area contributed by atoms with Gasteiger partial charge in [0.25, 0.3) is 6.43 Å². The molecule has 2 unspecified atom stereocenters. The second kappa shape index (κ2) is 7.67. The van der Waals surface area contributed by atoms with Crippen LogP contribution in [-0.4, -0.2) is 50.2 Å². The maximum absolute atomic E-state index is 12.0. The Bertz CT molecular complexity index is 389. The minimum absolute atomic E-state index is 0.294. The lowest BCUT2D eigenvalue weighted by atomic mass is 10.0. The molecule has 20 heavy (non-hydrogen) atoms. The van der Waals surface area contributed by atoms with E-state index >= 15 is 0 Å². The van der Waals surface area contributed by atoms with Crippen molar-refractivity contribution in [1.29, 1.82) is 0 Å². The first-order chi connectivity index (χ1) is 9.66. The fourth-order valence-electron chi connectivity index (χ4n) is 2.50. The molecule has 0 spiro atoms. The first kappa shape index (κ1) is 15.4. The van der Waals surface area contributed by atoms with Gasteiger partial charge in [-0.3, -0.25) is 4.90 Å². The topological polar surface area (TPSA) is 24.5 Å². The smallest absolute Gasteiger partial charge is 0.261 e. The van der Waals surface area contributed by atoms with E-state index in [1.54, 1.807) is 0 Å². The minimum atomic E-state index is -2.38. The van der Waals surface area contributed by atoms with E-state index in [1.165, 1.54) is 5.56 Å². The molecule has 2 atom stereocenters. The molecule has 1 fully saturated rings. The molecule has 3 nitrogen and oxygen atoms in total. The number of nitrogens with one attached hydrogen (secondary N) is 1. The molecule has 1 aliphatic rings. The van der Waals surface area contributed by atoms with Gasteiger partial charge in [-0.25, -0.2) is 8.78 Å². The molecular formula is C15H22F2N2O. The lowest BCUT2D eigenvalue weighted by Gasteiger charge is -2.39. The Hall–Kier alpha value is -1.04. The highest BCUT2D eigenvalue weighted by molar-refractivity contribution is 5.20. The average Bonchev–Trinajstić information content (AvgIpc) is 2.46. The molecule has 0 aliphatic carbocycles. The Labute approximate surface area is 118 Å². The van der Waals surface area contributed by atoms with Crippen molar-refractivity contribution in [3.05, 3.63) is 35.9 Å². The number of hydrogen-bond acceptors (Lipinski definition) is 3. The zero-order valence-corrected chi connectivity index (χ0v) is 11.8. The molecule has 1 saturated heterocycles. The molecule has 1 aromatic rings. The van der Waals surface area contributed by atoms with Crippen molar-refractivity contribution < 1.29 is 13.5 Å². The van der Waals surface area contributed by atoms with Crippen molar-refractivity contribution in [3.63, 3.8) is 0 Å². The summed E-state index contributed by atoms with van der Waals surface area (Å²) in [5, 5.41) is 3.52. The van der Waals surface area contributed by atoms with E-state index in [0.29, 0.717) is 25.2 Å². The van der Waals surface area contributed by atoms with Crippen LogP contribution in [0.15, 0.2) is 30.3 Å². The van der Waals surface area contributed by atoms with Crippen molar-refractivity contribution in [2.45, 2.75) is 25.4 Å².